The van der Waals surface area contributed by atoms with Crippen LogP contribution >= 0.6 is 0 Å². The van der Waals surface area contributed by atoms with E-state index in [1.165, 1.54) is 0 Å². The number of amides is 4. The number of carbonyl (C=O) groups is 4. The van der Waals surface area contributed by atoms with Gasteiger partial charge < -0.3 is 24.8 Å². The maximum Gasteiger partial charge on any atom is 0.242 e. The first kappa shape index (κ1) is 29.3. The van der Waals surface area contributed by atoms with Crippen LogP contribution in [-0.2, 0) is 23.9 Å². The molecule has 2 bridgehead atoms. The highest BCUT2D eigenvalue weighted by molar-refractivity contribution is 5.85. The van der Waals surface area contributed by atoms with Crippen molar-refractivity contribution in [3.8, 4) is 0 Å². The molecule has 0 aromatic rings. The van der Waals surface area contributed by atoms with Crippen molar-refractivity contribution in [2.45, 2.75) is 70.3 Å². The Kier molecular flexibility index (Phi) is 9.99. The van der Waals surface area contributed by atoms with E-state index < -0.39 is 0 Å². The lowest BCUT2D eigenvalue weighted by atomic mass is 9.79. The molecule has 4 atom stereocenters. The van der Waals surface area contributed by atoms with Crippen LogP contribution in [0.5, 0.6) is 0 Å². The minimum absolute atomic E-state index is 0.00892. The molecule has 5 aliphatic rings. The molecule has 5 aliphatic heterocycles. The van der Waals surface area contributed by atoms with Crippen molar-refractivity contribution in [2.75, 3.05) is 72.6 Å². The number of likely N-dealkylation sites (tertiary alicyclic amines) is 2. The lowest BCUT2D eigenvalue weighted by Gasteiger charge is -2.43. The predicted octanol–water partition coefficient (Wildman–Crippen LogP) is 1.34. The molecule has 4 amide bonds. The van der Waals surface area contributed by atoms with Gasteiger partial charge in [0.2, 0.25) is 23.6 Å². The minimum Gasteiger partial charge on any atom is -0.381 e. The highest BCUT2D eigenvalue weighted by Gasteiger charge is 2.38. The summed E-state index contributed by atoms with van der Waals surface area (Å²) in [5, 5.41) is 3.17. The Morgan fingerprint density at radius 2 is 1.62 bits per heavy atom. The summed E-state index contributed by atoms with van der Waals surface area (Å²) < 4.78 is 5.58. The molecule has 0 aromatic heterocycles. The molecule has 0 aromatic carbocycles. The van der Waals surface area contributed by atoms with Gasteiger partial charge in [-0.15, -0.1) is 0 Å². The molecule has 5 rings (SSSR count). The van der Waals surface area contributed by atoms with Crippen LogP contribution in [0.2, 0.25) is 0 Å². The van der Waals surface area contributed by atoms with Crippen molar-refractivity contribution >= 4 is 23.6 Å². The average Bonchev–Trinajstić information content (AvgIpc) is 3.50. The number of hydrogen-bond donors (Lipinski definition) is 1. The van der Waals surface area contributed by atoms with Crippen molar-refractivity contribution in [2.24, 2.45) is 23.7 Å². The fourth-order valence-electron chi connectivity index (χ4n) is 7.69. The zero-order valence-corrected chi connectivity index (χ0v) is 24.4. The first-order valence-electron chi connectivity index (χ1n) is 15.8. The average molecular weight is 560 g/mol. The smallest absolute Gasteiger partial charge is 0.242 e. The van der Waals surface area contributed by atoms with Crippen molar-refractivity contribution in [3.05, 3.63) is 0 Å². The molecule has 10 nitrogen and oxygen atoms in total. The maximum atomic E-state index is 13.3. The van der Waals surface area contributed by atoms with Crippen LogP contribution < -0.4 is 5.32 Å². The molecule has 0 unspecified atom stereocenters. The lowest BCUT2D eigenvalue weighted by Crippen LogP contribution is -2.50. The predicted molar refractivity (Wildman–Crippen MR) is 150 cm³/mol. The Labute approximate surface area is 239 Å². The van der Waals surface area contributed by atoms with Crippen LogP contribution in [0.3, 0.4) is 0 Å². The van der Waals surface area contributed by atoms with Gasteiger partial charge >= 0.3 is 0 Å². The van der Waals surface area contributed by atoms with Crippen LogP contribution in [0.4, 0.5) is 0 Å². The monoisotopic (exact) mass is 559 g/mol. The molecule has 0 radical (unpaired) electrons. The van der Waals surface area contributed by atoms with Gasteiger partial charge in [0.25, 0.3) is 0 Å². The molecule has 224 valence electrons. The Morgan fingerprint density at radius 3 is 2.40 bits per heavy atom. The fourth-order valence-corrected chi connectivity index (χ4v) is 7.69. The van der Waals surface area contributed by atoms with Gasteiger partial charge in [0.15, 0.2) is 0 Å². The van der Waals surface area contributed by atoms with Crippen LogP contribution in [0, 0.1) is 23.7 Å². The zero-order valence-electron chi connectivity index (χ0n) is 24.4. The van der Waals surface area contributed by atoms with Crippen molar-refractivity contribution in [3.63, 3.8) is 0 Å². The van der Waals surface area contributed by atoms with Gasteiger partial charge in [0, 0.05) is 84.8 Å². The second kappa shape index (κ2) is 13.6. The van der Waals surface area contributed by atoms with E-state index >= 15 is 0 Å². The molecule has 1 N–H and O–H groups in total. The largest absolute Gasteiger partial charge is 0.381 e. The van der Waals surface area contributed by atoms with Gasteiger partial charge in [-0.1, -0.05) is 0 Å². The molecular weight excluding hydrogens is 510 g/mol. The summed E-state index contributed by atoms with van der Waals surface area (Å²) in [6, 6.07) is 0.533. The van der Waals surface area contributed by atoms with Gasteiger partial charge in [-0.2, -0.15) is 0 Å². The van der Waals surface area contributed by atoms with Gasteiger partial charge in [0.1, 0.15) is 0 Å². The normalized spacial score (nSPS) is 32.3. The molecule has 40 heavy (non-hydrogen) atoms. The molecule has 5 fully saturated rings. The number of hydrogen-bond acceptors (Lipinski definition) is 6. The summed E-state index contributed by atoms with van der Waals surface area (Å²) in [5.41, 5.74) is 0. The maximum absolute atomic E-state index is 13.3. The Hall–Kier alpha value is -2.20. The van der Waals surface area contributed by atoms with E-state index in [0.29, 0.717) is 57.3 Å². The van der Waals surface area contributed by atoms with Crippen LogP contribution in [0.25, 0.3) is 0 Å². The fraction of sp³-hybridized carbons (Fsp3) is 0.867. The Morgan fingerprint density at radius 1 is 0.850 bits per heavy atom. The molecule has 5 saturated heterocycles. The zero-order chi connectivity index (χ0) is 28.1. The number of nitrogens with zero attached hydrogens (tertiary/aromatic N) is 4. The number of carbonyl (C=O) groups excluding carboxylic acids is 4. The summed E-state index contributed by atoms with van der Waals surface area (Å²) in [7, 11) is 1.74. The van der Waals surface area contributed by atoms with E-state index in [1.807, 2.05) is 9.80 Å². The van der Waals surface area contributed by atoms with Crippen LogP contribution in [0.15, 0.2) is 0 Å². The molecule has 10 heteroatoms. The molecular formula is C30H49N5O5. The Balaban J connectivity index is 1.26. The molecule has 0 aliphatic carbocycles. The van der Waals surface area contributed by atoms with Crippen molar-refractivity contribution in [1.29, 1.82) is 0 Å². The van der Waals surface area contributed by atoms with E-state index in [1.54, 1.807) is 11.9 Å². The summed E-state index contributed by atoms with van der Waals surface area (Å²) in [6.07, 6.45) is 7.98. The third-order valence-electron chi connectivity index (χ3n) is 10.3. The summed E-state index contributed by atoms with van der Waals surface area (Å²) >= 11 is 0. The van der Waals surface area contributed by atoms with Gasteiger partial charge in [0.05, 0.1) is 6.54 Å². The van der Waals surface area contributed by atoms with Gasteiger partial charge in [-0.3, -0.25) is 24.1 Å². The van der Waals surface area contributed by atoms with E-state index in [-0.39, 0.29) is 47.9 Å². The SMILES string of the molecule is CN1CC(=O)N2CC[C@@H](CC(=O)N3CCCC3)[C@@H](CC(=O)NCC[C@H]3CN(C4CCOCC4)CC[C@H]3CC1=O)C2. The van der Waals surface area contributed by atoms with Crippen molar-refractivity contribution in [1.82, 2.24) is 24.9 Å². The second-order valence-electron chi connectivity index (χ2n) is 12.9. The third-order valence-corrected chi connectivity index (χ3v) is 10.3. The van der Waals surface area contributed by atoms with Gasteiger partial charge in [-0.05, 0) is 75.2 Å². The standard InChI is InChI=1S/C30H49N5O5/c1-32-21-30(39)35-13-6-23(18-29(38)33-10-2-3-11-33)25(20-35)16-27(36)31-9-4-24-19-34(26-7-14-40-15-8-26)12-5-22(24)17-28(32)37/h22-26H,2-21H2,1H3,(H,31,36)/t22-,23-,24-,25-/m0/s1. The van der Waals surface area contributed by atoms with E-state index in [2.05, 4.69) is 10.2 Å². The highest BCUT2D eigenvalue weighted by Crippen LogP contribution is 2.33. The first-order chi connectivity index (χ1) is 19.4. The summed E-state index contributed by atoms with van der Waals surface area (Å²) in [6.45, 7) is 6.92. The lowest BCUT2D eigenvalue weighted by molar-refractivity contribution is -0.143. The second-order valence-corrected chi connectivity index (χ2v) is 12.9. The van der Waals surface area contributed by atoms with Crippen LogP contribution in [0.1, 0.15) is 64.2 Å². The molecule has 5 heterocycles. The first-order valence-corrected chi connectivity index (χ1v) is 15.8. The number of ether oxygens (including phenoxy) is 1. The number of fused-ring (bicyclic) bond motifs is 3. The number of rotatable bonds is 3. The number of likely N-dealkylation sites (N-methyl/N-ethyl adjacent to an activating group) is 1. The molecule has 0 saturated carbocycles. The molecule has 0 spiro atoms. The highest BCUT2D eigenvalue weighted by atomic mass is 16.5. The minimum atomic E-state index is -0.0636. The topological polar surface area (TPSA) is 102 Å². The number of nitrogens with one attached hydrogen (secondary N) is 1. The summed E-state index contributed by atoms with van der Waals surface area (Å²) in [5.74, 6) is 0.773. The van der Waals surface area contributed by atoms with E-state index in [0.717, 1.165) is 77.9 Å². The Bertz CT molecular complexity index is 918. The van der Waals surface area contributed by atoms with Gasteiger partial charge in [-0.25, -0.2) is 0 Å². The number of piperidine rings is 2. The third kappa shape index (κ3) is 7.35. The van der Waals surface area contributed by atoms with Crippen molar-refractivity contribution < 1.29 is 23.9 Å². The quantitative estimate of drug-likeness (QED) is 0.560. The van der Waals surface area contributed by atoms with E-state index in [4.69, 9.17) is 4.74 Å². The van der Waals surface area contributed by atoms with E-state index in [9.17, 15) is 19.2 Å². The summed E-state index contributed by atoms with van der Waals surface area (Å²) in [4.78, 5) is 60.6. The van der Waals surface area contributed by atoms with Crippen LogP contribution in [-0.4, -0.2) is 122 Å².